The first-order valence-corrected chi connectivity index (χ1v) is 6.84. The summed E-state index contributed by atoms with van der Waals surface area (Å²) in [5.74, 6) is 0.764. The Morgan fingerprint density at radius 3 is 2.94 bits per heavy atom. The standard InChI is InChI=1S/C12H10Br2N2O2/c13-9-2-1-3-10(6-9)18-5-4-16-8-15-7-11(14)12(16)17/h1-3,6-8H,4-5H2. The summed E-state index contributed by atoms with van der Waals surface area (Å²) in [5.41, 5.74) is -0.108. The molecule has 0 bridgehead atoms. The fourth-order valence-corrected chi connectivity index (χ4v) is 2.13. The zero-order valence-corrected chi connectivity index (χ0v) is 12.5. The van der Waals surface area contributed by atoms with Crippen LogP contribution in [0, 0.1) is 0 Å². The van der Waals surface area contributed by atoms with Crippen molar-refractivity contribution < 1.29 is 4.74 Å². The second kappa shape index (κ2) is 6.15. The van der Waals surface area contributed by atoms with Crippen LogP contribution in [0.15, 0.2) is 50.5 Å². The van der Waals surface area contributed by atoms with E-state index < -0.39 is 0 Å². The van der Waals surface area contributed by atoms with Crippen LogP contribution in [0.3, 0.4) is 0 Å². The zero-order valence-electron chi connectivity index (χ0n) is 9.35. The molecule has 0 saturated heterocycles. The Morgan fingerprint density at radius 1 is 1.33 bits per heavy atom. The normalized spacial score (nSPS) is 10.3. The molecule has 6 heteroatoms. The van der Waals surface area contributed by atoms with E-state index in [2.05, 4.69) is 36.8 Å². The molecule has 1 heterocycles. The second-order valence-electron chi connectivity index (χ2n) is 3.55. The molecule has 0 unspecified atom stereocenters. The van der Waals surface area contributed by atoms with Gasteiger partial charge in [0.2, 0.25) is 0 Å². The van der Waals surface area contributed by atoms with Crippen molar-refractivity contribution in [2.24, 2.45) is 0 Å². The van der Waals surface area contributed by atoms with Crippen LogP contribution >= 0.6 is 31.9 Å². The summed E-state index contributed by atoms with van der Waals surface area (Å²) in [6, 6.07) is 7.57. The number of halogens is 2. The first kappa shape index (κ1) is 13.3. The molecule has 1 aromatic heterocycles. The van der Waals surface area contributed by atoms with Crippen LogP contribution in [0.2, 0.25) is 0 Å². The van der Waals surface area contributed by atoms with E-state index in [9.17, 15) is 4.79 Å². The highest BCUT2D eigenvalue weighted by molar-refractivity contribution is 9.10. The molecule has 1 aromatic carbocycles. The molecule has 0 aliphatic carbocycles. The molecule has 2 aromatic rings. The van der Waals surface area contributed by atoms with Crippen LogP contribution in [0.1, 0.15) is 0 Å². The monoisotopic (exact) mass is 372 g/mol. The van der Waals surface area contributed by atoms with Crippen molar-refractivity contribution in [3.63, 3.8) is 0 Å². The third-order valence-electron chi connectivity index (χ3n) is 2.26. The van der Waals surface area contributed by atoms with Crippen LogP contribution in [0.25, 0.3) is 0 Å². The van der Waals surface area contributed by atoms with Gasteiger partial charge in [0.1, 0.15) is 16.8 Å². The van der Waals surface area contributed by atoms with E-state index in [1.54, 1.807) is 0 Å². The van der Waals surface area contributed by atoms with E-state index in [0.29, 0.717) is 17.6 Å². The Morgan fingerprint density at radius 2 is 2.17 bits per heavy atom. The summed E-state index contributed by atoms with van der Waals surface area (Å²) < 4.78 is 8.47. The Bertz CT molecular complexity index is 599. The molecule has 0 saturated carbocycles. The van der Waals surface area contributed by atoms with Crippen LogP contribution in [-0.4, -0.2) is 16.2 Å². The molecule has 0 fully saturated rings. The summed E-state index contributed by atoms with van der Waals surface area (Å²) in [4.78, 5) is 15.6. The third kappa shape index (κ3) is 3.43. The minimum Gasteiger partial charge on any atom is -0.492 e. The molecule has 0 spiro atoms. The lowest BCUT2D eigenvalue weighted by Crippen LogP contribution is -2.23. The lowest BCUT2D eigenvalue weighted by Gasteiger charge is -2.08. The predicted molar refractivity (Wildman–Crippen MR) is 75.8 cm³/mol. The minimum atomic E-state index is -0.108. The molecule has 18 heavy (non-hydrogen) atoms. The molecule has 94 valence electrons. The third-order valence-corrected chi connectivity index (χ3v) is 3.29. The van der Waals surface area contributed by atoms with E-state index in [0.717, 1.165) is 10.2 Å². The van der Waals surface area contributed by atoms with Crippen molar-refractivity contribution in [3.05, 3.63) is 56.1 Å². The Kier molecular flexibility index (Phi) is 4.54. The number of benzene rings is 1. The maximum Gasteiger partial charge on any atom is 0.267 e. The highest BCUT2D eigenvalue weighted by Gasteiger charge is 2.01. The molecule has 0 aliphatic rings. The Hall–Kier alpha value is -1.14. The second-order valence-corrected chi connectivity index (χ2v) is 5.32. The highest BCUT2D eigenvalue weighted by Crippen LogP contribution is 2.17. The molecule has 4 nitrogen and oxygen atoms in total. The number of ether oxygens (including phenoxy) is 1. The smallest absolute Gasteiger partial charge is 0.267 e. The maximum atomic E-state index is 11.7. The lowest BCUT2D eigenvalue weighted by molar-refractivity contribution is 0.295. The SMILES string of the molecule is O=c1c(Br)cncn1CCOc1cccc(Br)c1. The van der Waals surface area contributed by atoms with E-state index >= 15 is 0 Å². The van der Waals surface area contributed by atoms with Crippen LogP contribution in [0.4, 0.5) is 0 Å². The first-order chi connectivity index (χ1) is 8.66. The Labute approximate surface area is 121 Å². The van der Waals surface area contributed by atoms with Gasteiger partial charge in [0, 0.05) is 10.7 Å². The summed E-state index contributed by atoms with van der Waals surface area (Å²) in [5, 5.41) is 0. The predicted octanol–water partition coefficient (Wildman–Crippen LogP) is 2.85. The van der Waals surface area contributed by atoms with Crippen molar-refractivity contribution in [2.45, 2.75) is 6.54 Å². The Balaban J connectivity index is 1.97. The van der Waals surface area contributed by atoms with Crippen molar-refractivity contribution in [1.82, 2.24) is 9.55 Å². The quantitative estimate of drug-likeness (QED) is 0.827. The zero-order chi connectivity index (χ0) is 13.0. The molecular formula is C12H10Br2N2O2. The number of hydrogen-bond acceptors (Lipinski definition) is 3. The molecule has 0 radical (unpaired) electrons. The van der Waals surface area contributed by atoms with Crippen LogP contribution in [-0.2, 0) is 6.54 Å². The number of nitrogens with zero attached hydrogens (tertiary/aromatic N) is 2. The van der Waals surface area contributed by atoms with E-state index in [1.165, 1.54) is 17.1 Å². The van der Waals surface area contributed by atoms with Gasteiger partial charge in [-0.25, -0.2) is 4.98 Å². The molecule has 2 rings (SSSR count). The van der Waals surface area contributed by atoms with Crippen molar-refractivity contribution >= 4 is 31.9 Å². The molecule has 0 aliphatic heterocycles. The maximum absolute atomic E-state index is 11.7. The van der Waals surface area contributed by atoms with Gasteiger partial charge in [0.05, 0.1) is 12.9 Å². The highest BCUT2D eigenvalue weighted by atomic mass is 79.9. The van der Waals surface area contributed by atoms with Gasteiger partial charge in [-0.15, -0.1) is 0 Å². The number of hydrogen-bond donors (Lipinski definition) is 0. The van der Waals surface area contributed by atoms with Gasteiger partial charge in [0.15, 0.2) is 0 Å². The van der Waals surface area contributed by atoms with Gasteiger partial charge in [-0.3, -0.25) is 9.36 Å². The topological polar surface area (TPSA) is 44.1 Å². The summed E-state index contributed by atoms with van der Waals surface area (Å²) in [6.45, 7) is 0.867. The largest absolute Gasteiger partial charge is 0.492 e. The van der Waals surface area contributed by atoms with E-state index in [-0.39, 0.29) is 5.56 Å². The van der Waals surface area contributed by atoms with Gasteiger partial charge < -0.3 is 4.74 Å². The molecular weight excluding hydrogens is 364 g/mol. The van der Waals surface area contributed by atoms with Gasteiger partial charge in [-0.05, 0) is 34.1 Å². The summed E-state index contributed by atoms with van der Waals surface area (Å²) in [7, 11) is 0. The van der Waals surface area contributed by atoms with Gasteiger partial charge in [0.25, 0.3) is 5.56 Å². The summed E-state index contributed by atoms with van der Waals surface area (Å²) >= 11 is 6.52. The average Bonchev–Trinajstić information content (AvgIpc) is 2.35. The van der Waals surface area contributed by atoms with E-state index in [4.69, 9.17) is 4.74 Å². The van der Waals surface area contributed by atoms with E-state index in [1.807, 2.05) is 24.3 Å². The lowest BCUT2D eigenvalue weighted by atomic mass is 10.3. The van der Waals surface area contributed by atoms with Gasteiger partial charge in [-0.1, -0.05) is 22.0 Å². The fraction of sp³-hybridized carbons (Fsp3) is 0.167. The van der Waals surface area contributed by atoms with Crippen molar-refractivity contribution in [2.75, 3.05) is 6.61 Å². The number of rotatable bonds is 4. The fourth-order valence-electron chi connectivity index (χ4n) is 1.40. The number of aromatic nitrogens is 2. The van der Waals surface area contributed by atoms with Crippen LogP contribution < -0.4 is 10.3 Å². The van der Waals surface area contributed by atoms with Gasteiger partial charge >= 0.3 is 0 Å². The van der Waals surface area contributed by atoms with Crippen molar-refractivity contribution in [3.8, 4) is 5.75 Å². The molecule has 0 N–H and O–H groups in total. The summed E-state index contributed by atoms with van der Waals surface area (Å²) in [6.07, 6.45) is 2.98. The van der Waals surface area contributed by atoms with Crippen LogP contribution in [0.5, 0.6) is 5.75 Å². The minimum absolute atomic E-state index is 0.108. The average molecular weight is 374 g/mol. The van der Waals surface area contributed by atoms with Crippen molar-refractivity contribution in [1.29, 1.82) is 0 Å². The molecule has 0 amide bonds. The van der Waals surface area contributed by atoms with Gasteiger partial charge in [-0.2, -0.15) is 0 Å². The molecule has 0 atom stereocenters. The first-order valence-electron chi connectivity index (χ1n) is 5.25.